The normalized spacial score (nSPS) is 28.1. The van der Waals surface area contributed by atoms with Crippen LogP contribution in [0.25, 0.3) is 0 Å². The summed E-state index contributed by atoms with van der Waals surface area (Å²) in [7, 11) is 0. The Balaban J connectivity index is 1.59. The quantitative estimate of drug-likeness (QED) is 0.733. The van der Waals surface area contributed by atoms with Gasteiger partial charge >= 0.3 is 0 Å². The second-order valence-corrected chi connectivity index (χ2v) is 9.66. The van der Waals surface area contributed by atoms with Crippen LogP contribution in [0.1, 0.15) is 18.9 Å². The molecule has 2 saturated heterocycles. The van der Waals surface area contributed by atoms with E-state index in [9.17, 15) is 9.59 Å². The number of amides is 2. The molecule has 0 bridgehead atoms. The molecule has 7 heteroatoms. The molecule has 29 heavy (non-hydrogen) atoms. The number of rotatable bonds is 3. The Bertz CT molecular complexity index is 982. The number of carbonyl (C=O) groups excluding carboxylic acids is 2. The average molecular weight is 472 g/mol. The molecule has 3 atom stereocenters. The van der Waals surface area contributed by atoms with E-state index in [0.29, 0.717) is 13.0 Å². The van der Waals surface area contributed by atoms with Crippen LogP contribution in [-0.4, -0.2) is 40.9 Å². The van der Waals surface area contributed by atoms with Gasteiger partial charge in [0.2, 0.25) is 5.91 Å². The van der Waals surface area contributed by atoms with E-state index in [1.807, 2.05) is 72.1 Å². The second kappa shape index (κ2) is 7.15. The first kappa shape index (κ1) is 19.2. The molecule has 0 unspecified atom stereocenters. The third kappa shape index (κ3) is 2.71. The van der Waals surface area contributed by atoms with Crippen LogP contribution < -0.4 is 10.2 Å². The number of likely N-dealkylation sites (N-methyl/N-ethyl adjacent to an activating group) is 1. The van der Waals surface area contributed by atoms with Gasteiger partial charge < -0.3 is 10.2 Å². The fourth-order valence-corrected chi connectivity index (χ4v) is 6.73. The van der Waals surface area contributed by atoms with Crippen molar-refractivity contribution in [3.05, 3.63) is 58.6 Å². The molecule has 3 heterocycles. The Morgan fingerprint density at radius 3 is 2.76 bits per heavy atom. The van der Waals surface area contributed by atoms with Gasteiger partial charge in [-0.2, -0.15) is 0 Å². The van der Waals surface area contributed by atoms with Crippen molar-refractivity contribution in [1.82, 2.24) is 4.90 Å². The van der Waals surface area contributed by atoms with Gasteiger partial charge in [-0.3, -0.25) is 14.5 Å². The van der Waals surface area contributed by atoms with E-state index in [0.717, 1.165) is 33.0 Å². The number of hydrogen-bond acceptors (Lipinski definition) is 4. The van der Waals surface area contributed by atoms with Gasteiger partial charge in [-0.15, -0.1) is 11.8 Å². The second-order valence-electron chi connectivity index (χ2n) is 7.74. The number of thioether (sulfide) groups is 1. The summed E-state index contributed by atoms with van der Waals surface area (Å²) in [5, 5.41) is 3.07. The molecule has 0 saturated carbocycles. The number of fused-ring (bicyclic) bond motifs is 4. The largest absolute Gasteiger partial charge is 0.326 e. The number of hydrogen-bond donors (Lipinski definition) is 1. The first-order valence-electron chi connectivity index (χ1n) is 9.89. The van der Waals surface area contributed by atoms with Crippen molar-refractivity contribution in [3.8, 4) is 0 Å². The Labute approximate surface area is 183 Å². The SMILES string of the molecule is CCN1C(=O)[C@]2(c3ccccc31)[C@H](C(=O)Nc1ccc(Br)cc1)C[C@H]1CSCN12. The lowest BCUT2D eigenvalue weighted by Crippen LogP contribution is -2.55. The van der Waals surface area contributed by atoms with E-state index in [-0.39, 0.29) is 17.9 Å². The number of anilines is 2. The highest BCUT2D eigenvalue weighted by Crippen LogP contribution is 2.57. The smallest absolute Gasteiger partial charge is 0.253 e. The molecular formula is C22H22BrN3O2S. The fourth-order valence-electron chi connectivity index (χ4n) is 5.16. The molecule has 0 radical (unpaired) electrons. The van der Waals surface area contributed by atoms with Gasteiger partial charge in [0.15, 0.2) is 0 Å². The van der Waals surface area contributed by atoms with Crippen LogP contribution in [0, 0.1) is 5.92 Å². The van der Waals surface area contributed by atoms with Crippen molar-refractivity contribution in [2.75, 3.05) is 28.4 Å². The first-order chi connectivity index (χ1) is 14.1. The van der Waals surface area contributed by atoms with Crippen LogP contribution in [0.2, 0.25) is 0 Å². The minimum atomic E-state index is -0.903. The summed E-state index contributed by atoms with van der Waals surface area (Å²) >= 11 is 5.28. The molecular weight excluding hydrogens is 450 g/mol. The van der Waals surface area contributed by atoms with Crippen LogP contribution in [-0.2, 0) is 15.1 Å². The van der Waals surface area contributed by atoms with Crippen LogP contribution in [0.4, 0.5) is 11.4 Å². The van der Waals surface area contributed by atoms with E-state index in [1.54, 1.807) is 0 Å². The zero-order valence-corrected chi connectivity index (χ0v) is 18.5. The van der Waals surface area contributed by atoms with Crippen molar-refractivity contribution < 1.29 is 9.59 Å². The van der Waals surface area contributed by atoms with Crippen molar-refractivity contribution in [3.63, 3.8) is 0 Å². The predicted octanol–water partition coefficient (Wildman–Crippen LogP) is 4.04. The van der Waals surface area contributed by atoms with E-state index < -0.39 is 11.5 Å². The maximum atomic E-state index is 13.9. The molecule has 2 aromatic rings. The van der Waals surface area contributed by atoms with E-state index in [4.69, 9.17) is 0 Å². The topological polar surface area (TPSA) is 52.7 Å². The summed E-state index contributed by atoms with van der Waals surface area (Å²) in [5.41, 5.74) is 1.77. The lowest BCUT2D eigenvalue weighted by Gasteiger charge is -2.36. The molecule has 1 spiro atoms. The van der Waals surface area contributed by atoms with E-state index >= 15 is 0 Å². The van der Waals surface area contributed by atoms with Gasteiger partial charge in [-0.05, 0) is 43.7 Å². The van der Waals surface area contributed by atoms with Crippen LogP contribution in [0.3, 0.4) is 0 Å². The summed E-state index contributed by atoms with van der Waals surface area (Å²) in [6, 6.07) is 15.8. The predicted molar refractivity (Wildman–Crippen MR) is 120 cm³/mol. The summed E-state index contributed by atoms with van der Waals surface area (Å²) in [6.07, 6.45) is 0.701. The number of carbonyl (C=O) groups is 2. The van der Waals surface area contributed by atoms with Gasteiger partial charge in [0.1, 0.15) is 5.54 Å². The molecule has 5 rings (SSSR count). The molecule has 2 amide bonds. The number of nitrogens with zero attached hydrogens (tertiary/aromatic N) is 2. The fraction of sp³-hybridized carbons (Fsp3) is 0.364. The highest BCUT2D eigenvalue weighted by Gasteiger charge is 2.67. The number of halogens is 1. The third-order valence-corrected chi connectivity index (χ3v) is 7.98. The molecule has 0 aliphatic carbocycles. The number of para-hydroxylation sites is 1. The first-order valence-corrected chi connectivity index (χ1v) is 11.8. The Kier molecular flexibility index (Phi) is 4.72. The Morgan fingerprint density at radius 1 is 1.24 bits per heavy atom. The third-order valence-electron chi connectivity index (χ3n) is 6.37. The summed E-state index contributed by atoms with van der Waals surface area (Å²) in [4.78, 5) is 31.5. The van der Waals surface area contributed by atoms with Crippen LogP contribution >= 0.6 is 27.7 Å². The zero-order chi connectivity index (χ0) is 20.2. The molecule has 150 valence electrons. The molecule has 3 aliphatic heterocycles. The lowest BCUT2D eigenvalue weighted by atomic mass is 9.79. The monoisotopic (exact) mass is 471 g/mol. The minimum absolute atomic E-state index is 0.0437. The van der Waals surface area contributed by atoms with Gasteiger partial charge in [0, 0.05) is 45.6 Å². The summed E-state index contributed by atoms with van der Waals surface area (Å²) in [5.74, 6) is 1.30. The average Bonchev–Trinajstić information content (AvgIpc) is 3.37. The molecule has 3 aliphatic rings. The summed E-state index contributed by atoms with van der Waals surface area (Å²) in [6.45, 7) is 2.60. The Morgan fingerprint density at radius 2 is 2.00 bits per heavy atom. The number of nitrogens with one attached hydrogen (secondary N) is 1. The molecule has 1 N–H and O–H groups in total. The van der Waals surface area contributed by atoms with Crippen molar-refractivity contribution in [2.45, 2.75) is 24.9 Å². The summed E-state index contributed by atoms with van der Waals surface area (Å²) < 4.78 is 0.962. The standard InChI is InChI=1S/C22H22BrN3O2S/c1-2-25-19-6-4-3-5-17(19)22(21(25)28)18(11-16-12-29-13-26(16)22)20(27)24-15-9-7-14(23)8-10-15/h3-10,16,18H,2,11-13H2,1H3,(H,24,27)/t16-,18-,22-/m0/s1. The maximum Gasteiger partial charge on any atom is 0.253 e. The van der Waals surface area contributed by atoms with Gasteiger partial charge in [0.25, 0.3) is 5.91 Å². The molecule has 2 fully saturated rings. The van der Waals surface area contributed by atoms with Crippen molar-refractivity contribution in [2.24, 2.45) is 5.92 Å². The molecule has 0 aromatic heterocycles. The lowest BCUT2D eigenvalue weighted by molar-refractivity contribution is -0.136. The van der Waals surface area contributed by atoms with Gasteiger partial charge in [0.05, 0.1) is 5.92 Å². The van der Waals surface area contributed by atoms with Crippen molar-refractivity contribution in [1.29, 1.82) is 0 Å². The highest BCUT2D eigenvalue weighted by molar-refractivity contribution is 9.10. The zero-order valence-electron chi connectivity index (χ0n) is 16.1. The van der Waals surface area contributed by atoms with Crippen LogP contribution in [0.15, 0.2) is 53.0 Å². The van der Waals surface area contributed by atoms with Gasteiger partial charge in [-0.25, -0.2) is 0 Å². The van der Waals surface area contributed by atoms with Gasteiger partial charge in [-0.1, -0.05) is 34.1 Å². The number of benzene rings is 2. The minimum Gasteiger partial charge on any atom is -0.326 e. The van der Waals surface area contributed by atoms with Crippen LogP contribution in [0.5, 0.6) is 0 Å². The molecule has 2 aromatic carbocycles. The van der Waals surface area contributed by atoms with E-state index in [2.05, 4.69) is 26.1 Å². The highest BCUT2D eigenvalue weighted by atomic mass is 79.9. The Hall–Kier alpha value is -1.83. The van der Waals surface area contributed by atoms with Crippen molar-refractivity contribution >= 4 is 50.9 Å². The maximum absolute atomic E-state index is 13.9. The van der Waals surface area contributed by atoms with E-state index in [1.165, 1.54) is 0 Å². The molecule has 5 nitrogen and oxygen atoms in total.